The van der Waals surface area contributed by atoms with E-state index in [1.54, 1.807) is 31.2 Å². The molecule has 0 atom stereocenters. The Hall–Kier alpha value is -2.38. The van der Waals surface area contributed by atoms with Gasteiger partial charge < -0.3 is 10.4 Å². The number of nitrogens with zero attached hydrogens (tertiary/aromatic N) is 1. The number of aromatic hydroxyl groups is 1. The average molecular weight is 431 g/mol. The predicted octanol–water partition coefficient (Wildman–Crippen LogP) is 4.43. The third kappa shape index (κ3) is 4.68. The van der Waals surface area contributed by atoms with Crippen LogP contribution in [-0.4, -0.2) is 36.8 Å². The van der Waals surface area contributed by atoms with Crippen molar-refractivity contribution >= 4 is 21.6 Å². The number of phenolic OH excluding ortho intramolecular Hbond substituents is 1. The molecular weight excluding hydrogens is 400 g/mol. The van der Waals surface area contributed by atoms with Crippen molar-refractivity contribution in [2.45, 2.75) is 57.3 Å². The summed E-state index contributed by atoms with van der Waals surface area (Å²) in [5.74, 6) is -0.490. The fourth-order valence-corrected chi connectivity index (χ4v) is 5.10. The van der Waals surface area contributed by atoms with Crippen LogP contribution in [0.5, 0.6) is 5.75 Å². The van der Waals surface area contributed by atoms with E-state index in [9.17, 15) is 18.3 Å². The lowest BCUT2D eigenvalue weighted by Gasteiger charge is -2.26. The van der Waals surface area contributed by atoms with Gasteiger partial charge >= 0.3 is 0 Å². The first kappa shape index (κ1) is 22.3. The largest absolute Gasteiger partial charge is 0.506 e. The lowest BCUT2D eigenvalue weighted by Crippen LogP contribution is -2.35. The molecule has 1 amide bonds. The number of nitrogens with one attached hydrogen (secondary N) is 1. The van der Waals surface area contributed by atoms with Crippen LogP contribution in [0.15, 0.2) is 41.3 Å². The Balaban J connectivity index is 1.91. The zero-order chi connectivity index (χ0) is 22.1. The van der Waals surface area contributed by atoms with Crippen molar-refractivity contribution < 1.29 is 18.3 Å². The molecule has 2 aromatic rings. The summed E-state index contributed by atoms with van der Waals surface area (Å²) < 4.78 is 27.5. The maximum absolute atomic E-state index is 13.0. The van der Waals surface area contributed by atoms with Gasteiger partial charge in [-0.2, -0.15) is 4.31 Å². The number of hydrogen-bond acceptors (Lipinski definition) is 4. The van der Waals surface area contributed by atoms with Crippen LogP contribution in [0.2, 0.25) is 0 Å². The molecule has 2 N–H and O–H groups in total. The summed E-state index contributed by atoms with van der Waals surface area (Å²) in [7, 11) is -3.64. The van der Waals surface area contributed by atoms with Crippen LogP contribution in [0.25, 0.3) is 0 Å². The first-order valence-corrected chi connectivity index (χ1v) is 11.7. The minimum Gasteiger partial charge on any atom is -0.506 e. The highest BCUT2D eigenvalue weighted by molar-refractivity contribution is 7.89. The summed E-state index contributed by atoms with van der Waals surface area (Å²) in [5.41, 5.74) is 2.06. The summed E-state index contributed by atoms with van der Waals surface area (Å²) in [6.07, 6.45) is 2.73. The second kappa shape index (κ2) is 8.40. The van der Waals surface area contributed by atoms with Gasteiger partial charge in [0.2, 0.25) is 10.0 Å². The minimum absolute atomic E-state index is 0.0360. The van der Waals surface area contributed by atoms with Crippen LogP contribution < -0.4 is 5.32 Å². The minimum atomic E-state index is -3.64. The van der Waals surface area contributed by atoms with E-state index in [1.807, 2.05) is 26.8 Å². The molecule has 0 saturated carbocycles. The van der Waals surface area contributed by atoms with E-state index in [4.69, 9.17) is 0 Å². The third-order valence-electron chi connectivity index (χ3n) is 5.52. The van der Waals surface area contributed by atoms with E-state index < -0.39 is 15.9 Å². The van der Waals surface area contributed by atoms with Crippen molar-refractivity contribution in [3.8, 4) is 5.75 Å². The highest BCUT2D eigenvalue weighted by Gasteiger charge is 2.27. The monoisotopic (exact) mass is 430 g/mol. The summed E-state index contributed by atoms with van der Waals surface area (Å²) >= 11 is 0. The summed E-state index contributed by atoms with van der Waals surface area (Å²) in [4.78, 5) is 13.1. The molecule has 1 heterocycles. The molecule has 2 aromatic carbocycles. The van der Waals surface area contributed by atoms with Gasteiger partial charge in [0, 0.05) is 18.7 Å². The number of amides is 1. The second-order valence-electron chi connectivity index (χ2n) is 8.88. The van der Waals surface area contributed by atoms with Gasteiger partial charge in [0.1, 0.15) is 5.75 Å². The zero-order valence-electron chi connectivity index (χ0n) is 18.0. The molecule has 0 aliphatic carbocycles. The van der Waals surface area contributed by atoms with Crippen LogP contribution in [0.3, 0.4) is 0 Å². The number of sulfonamides is 1. The molecule has 7 heteroatoms. The first-order valence-electron chi connectivity index (χ1n) is 10.3. The molecule has 0 aromatic heterocycles. The molecule has 162 valence electrons. The lowest BCUT2D eigenvalue weighted by molar-refractivity contribution is 0.102. The summed E-state index contributed by atoms with van der Waals surface area (Å²) in [5, 5.41) is 12.9. The molecule has 3 rings (SSSR count). The topological polar surface area (TPSA) is 86.7 Å². The average Bonchev–Trinajstić information content (AvgIpc) is 2.69. The number of aryl methyl sites for hydroxylation is 1. The van der Waals surface area contributed by atoms with Gasteiger partial charge in [-0.05, 0) is 60.6 Å². The number of carbonyl (C=O) groups excluding carboxylic acids is 1. The van der Waals surface area contributed by atoms with Crippen LogP contribution in [-0.2, 0) is 15.4 Å². The zero-order valence-corrected chi connectivity index (χ0v) is 18.8. The molecule has 1 aliphatic rings. The highest BCUT2D eigenvalue weighted by atomic mass is 32.2. The van der Waals surface area contributed by atoms with Crippen molar-refractivity contribution in [3.63, 3.8) is 0 Å². The third-order valence-corrected chi connectivity index (χ3v) is 7.41. The second-order valence-corrected chi connectivity index (χ2v) is 10.8. The number of carbonyl (C=O) groups is 1. The van der Waals surface area contributed by atoms with E-state index in [0.29, 0.717) is 24.3 Å². The first-order chi connectivity index (χ1) is 14.0. The van der Waals surface area contributed by atoms with Gasteiger partial charge in [0.15, 0.2) is 0 Å². The molecule has 0 unspecified atom stereocenters. The molecule has 1 aliphatic heterocycles. The summed E-state index contributed by atoms with van der Waals surface area (Å²) in [6.45, 7) is 8.91. The normalized spacial score (nSPS) is 15.7. The van der Waals surface area contributed by atoms with Crippen molar-refractivity contribution in [2.75, 3.05) is 18.4 Å². The highest BCUT2D eigenvalue weighted by Crippen LogP contribution is 2.31. The van der Waals surface area contributed by atoms with Crippen molar-refractivity contribution in [3.05, 3.63) is 53.1 Å². The number of piperidine rings is 1. The number of hydrogen-bond donors (Lipinski definition) is 2. The smallest absolute Gasteiger partial charge is 0.256 e. The fraction of sp³-hybridized carbons (Fsp3) is 0.435. The van der Waals surface area contributed by atoms with Crippen LogP contribution >= 0.6 is 0 Å². The van der Waals surface area contributed by atoms with Crippen molar-refractivity contribution in [1.29, 1.82) is 0 Å². The van der Waals surface area contributed by atoms with Crippen molar-refractivity contribution in [2.24, 2.45) is 0 Å². The molecule has 1 fully saturated rings. The Bertz CT molecular complexity index is 1050. The Morgan fingerprint density at radius 3 is 2.33 bits per heavy atom. The van der Waals surface area contributed by atoms with Gasteiger partial charge in [0.05, 0.1) is 10.6 Å². The van der Waals surface area contributed by atoms with Gasteiger partial charge in [0.25, 0.3) is 5.91 Å². The van der Waals surface area contributed by atoms with Gasteiger partial charge in [-0.3, -0.25) is 4.79 Å². The van der Waals surface area contributed by atoms with Crippen LogP contribution in [0.1, 0.15) is 61.5 Å². The fourth-order valence-electron chi connectivity index (χ4n) is 3.55. The molecule has 30 heavy (non-hydrogen) atoms. The summed E-state index contributed by atoms with van der Waals surface area (Å²) in [6, 6.07) is 9.75. The van der Waals surface area contributed by atoms with Gasteiger partial charge in [-0.15, -0.1) is 0 Å². The van der Waals surface area contributed by atoms with E-state index in [-0.39, 0.29) is 21.6 Å². The van der Waals surface area contributed by atoms with Crippen LogP contribution in [0.4, 0.5) is 5.69 Å². The molecule has 0 spiro atoms. The number of phenols is 1. The Morgan fingerprint density at radius 2 is 1.70 bits per heavy atom. The van der Waals surface area contributed by atoms with Crippen molar-refractivity contribution in [1.82, 2.24) is 4.31 Å². The number of benzene rings is 2. The quantitative estimate of drug-likeness (QED) is 0.703. The predicted molar refractivity (Wildman–Crippen MR) is 119 cm³/mol. The lowest BCUT2D eigenvalue weighted by atomic mass is 9.87. The van der Waals surface area contributed by atoms with Gasteiger partial charge in [-0.25, -0.2) is 8.42 Å². The van der Waals surface area contributed by atoms with E-state index >= 15 is 0 Å². The maximum atomic E-state index is 13.0. The van der Waals surface area contributed by atoms with Crippen LogP contribution in [0, 0.1) is 6.92 Å². The van der Waals surface area contributed by atoms with E-state index in [2.05, 4.69) is 5.32 Å². The van der Waals surface area contributed by atoms with Gasteiger partial charge in [-0.1, -0.05) is 39.3 Å². The molecular formula is C23H30N2O4S. The Kier molecular flexibility index (Phi) is 6.24. The molecule has 1 saturated heterocycles. The molecule has 0 bridgehead atoms. The number of rotatable bonds is 4. The Labute approximate surface area is 179 Å². The van der Waals surface area contributed by atoms with E-state index in [0.717, 1.165) is 24.8 Å². The standard InChI is InChI=1S/C23H30N2O4S/c1-16-8-10-18(30(28,29)25-12-6-5-7-13-25)15-19(16)22(27)24-20-14-17(23(2,3)4)9-11-21(20)26/h8-11,14-15,26H,5-7,12-13H2,1-4H3,(H,24,27). The molecule has 6 nitrogen and oxygen atoms in total. The SMILES string of the molecule is Cc1ccc(S(=O)(=O)N2CCCCC2)cc1C(=O)Nc1cc(C(C)(C)C)ccc1O. The van der Waals surface area contributed by atoms with E-state index in [1.165, 1.54) is 10.4 Å². The Morgan fingerprint density at radius 1 is 1.03 bits per heavy atom. The maximum Gasteiger partial charge on any atom is 0.256 e. The number of anilines is 1. The molecule has 0 radical (unpaired) electrons.